The molecule has 0 saturated carbocycles. The Kier molecular flexibility index (Phi) is 4.55. The molecule has 1 heterocycles. The molecule has 2 N–H and O–H groups in total. The molecule has 3 aromatic carbocycles. The molecule has 0 aliphatic heterocycles. The number of nitrogens with one attached hydrogen (secondary N) is 2. The molecule has 0 aliphatic carbocycles. The highest BCUT2D eigenvalue weighted by atomic mass is 19.1. The molecule has 1 aromatic heterocycles. The number of para-hydroxylation sites is 2. The number of halogens is 1. The minimum atomic E-state index is -0.568. The number of carbonyl (C=O) groups is 1. The third-order valence-electron chi connectivity index (χ3n) is 4.02. The average molecular weight is 375 g/mol. The van der Waals surface area contributed by atoms with Crippen LogP contribution in [0.1, 0.15) is 0 Å². The Morgan fingerprint density at radius 2 is 1.71 bits per heavy atom. The van der Waals surface area contributed by atoms with Crippen molar-refractivity contribution in [1.29, 1.82) is 0 Å². The van der Waals surface area contributed by atoms with Gasteiger partial charge in [-0.15, -0.1) is 0 Å². The van der Waals surface area contributed by atoms with Crippen LogP contribution in [-0.4, -0.2) is 11.0 Å². The van der Waals surface area contributed by atoms with Gasteiger partial charge in [0.2, 0.25) is 5.89 Å². The molecule has 138 valence electrons. The molecule has 0 radical (unpaired) electrons. The SMILES string of the molecule is O=C(Nc1cccc(F)c1)Nc1ccccc1-c1nc2ccccc2c(=O)o1. The summed E-state index contributed by atoms with van der Waals surface area (Å²) in [6.07, 6.45) is 0. The highest BCUT2D eigenvalue weighted by molar-refractivity contribution is 6.02. The second kappa shape index (κ2) is 7.32. The van der Waals surface area contributed by atoms with Crippen molar-refractivity contribution in [3.05, 3.63) is 89.0 Å². The van der Waals surface area contributed by atoms with Gasteiger partial charge in [0, 0.05) is 5.69 Å². The molecular weight excluding hydrogens is 361 g/mol. The minimum absolute atomic E-state index is 0.0883. The molecule has 4 aromatic rings. The van der Waals surface area contributed by atoms with Crippen LogP contribution in [0, 0.1) is 5.82 Å². The van der Waals surface area contributed by atoms with Gasteiger partial charge in [-0.3, -0.25) is 0 Å². The number of nitrogens with zero attached hydrogens (tertiary/aromatic N) is 1. The molecule has 4 rings (SSSR count). The molecule has 0 bridgehead atoms. The van der Waals surface area contributed by atoms with Crippen molar-refractivity contribution in [3.63, 3.8) is 0 Å². The van der Waals surface area contributed by atoms with E-state index in [1.807, 2.05) is 0 Å². The Bertz CT molecular complexity index is 1240. The van der Waals surface area contributed by atoms with Crippen molar-refractivity contribution in [2.75, 3.05) is 10.6 Å². The number of aromatic nitrogens is 1. The number of carbonyl (C=O) groups excluding carboxylic acids is 1. The number of amides is 2. The van der Waals surface area contributed by atoms with E-state index in [2.05, 4.69) is 15.6 Å². The monoisotopic (exact) mass is 375 g/mol. The first kappa shape index (κ1) is 17.4. The van der Waals surface area contributed by atoms with Crippen LogP contribution >= 0.6 is 0 Å². The number of hydrogen-bond acceptors (Lipinski definition) is 4. The van der Waals surface area contributed by atoms with Gasteiger partial charge >= 0.3 is 11.7 Å². The van der Waals surface area contributed by atoms with Gasteiger partial charge in [-0.2, -0.15) is 0 Å². The van der Waals surface area contributed by atoms with E-state index in [1.54, 1.807) is 54.6 Å². The van der Waals surface area contributed by atoms with E-state index in [9.17, 15) is 14.0 Å². The van der Waals surface area contributed by atoms with Crippen LogP contribution in [0.2, 0.25) is 0 Å². The second-order valence-electron chi connectivity index (χ2n) is 5.96. The van der Waals surface area contributed by atoms with Gasteiger partial charge in [-0.1, -0.05) is 30.3 Å². The van der Waals surface area contributed by atoms with E-state index in [0.717, 1.165) is 0 Å². The fourth-order valence-corrected chi connectivity index (χ4v) is 2.76. The zero-order valence-corrected chi connectivity index (χ0v) is 14.5. The molecule has 0 spiro atoms. The topological polar surface area (TPSA) is 84.2 Å². The van der Waals surface area contributed by atoms with Crippen LogP contribution in [0.5, 0.6) is 0 Å². The molecular formula is C21H14FN3O3. The Morgan fingerprint density at radius 3 is 2.57 bits per heavy atom. The molecule has 0 unspecified atom stereocenters. The van der Waals surface area contributed by atoms with E-state index < -0.39 is 17.5 Å². The average Bonchev–Trinajstić information content (AvgIpc) is 2.68. The van der Waals surface area contributed by atoms with Crippen molar-refractivity contribution >= 4 is 28.3 Å². The van der Waals surface area contributed by atoms with E-state index in [4.69, 9.17) is 4.42 Å². The van der Waals surface area contributed by atoms with Gasteiger partial charge in [0.25, 0.3) is 0 Å². The third kappa shape index (κ3) is 3.59. The van der Waals surface area contributed by atoms with Crippen LogP contribution in [0.25, 0.3) is 22.4 Å². The second-order valence-corrected chi connectivity index (χ2v) is 5.96. The normalized spacial score (nSPS) is 10.6. The quantitative estimate of drug-likeness (QED) is 0.546. The van der Waals surface area contributed by atoms with Crippen LogP contribution < -0.4 is 16.3 Å². The lowest BCUT2D eigenvalue weighted by Gasteiger charge is -2.11. The summed E-state index contributed by atoms with van der Waals surface area (Å²) in [6, 6.07) is 18.6. The summed E-state index contributed by atoms with van der Waals surface area (Å²) in [4.78, 5) is 28.9. The zero-order valence-electron chi connectivity index (χ0n) is 14.5. The number of urea groups is 1. The summed E-state index contributed by atoms with van der Waals surface area (Å²) in [5.74, 6) is -0.370. The third-order valence-corrected chi connectivity index (χ3v) is 4.02. The van der Waals surface area contributed by atoms with Gasteiger partial charge in [-0.25, -0.2) is 19.0 Å². The smallest absolute Gasteiger partial charge is 0.347 e. The van der Waals surface area contributed by atoms with E-state index in [1.165, 1.54) is 18.2 Å². The van der Waals surface area contributed by atoms with Crippen LogP contribution in [-0.2, 0) is 0 Å². The van der Waals surface area contributed by atoms with Gasteiger partial charge in [0.1, 0.15) is 5.82 Å². The van der Waals surface area contributed by atoms with Crippen molar-refractivity contribution in [3.8, 4) is 11.5 Å². The van der Waals surface area contributed by atoms with Crippen molar-refractivity contribution in [1.82, 2.24) is 4.98 Å². The van der Waals surface area contributed by atoms with E-state index in [0.29, 0.717) is 27.8 Å². The summed E-state index contributed by atoms with van der Waals surface area (Å²) in [5.41, 5.74) is 1.12. The molecule has 6 nitrogen and oxygen atoms in total. The van der Waals surface area contributed by atoms with Gasteiger partial charge in [0.15, 0.2) is 0 Å². The molecule has 7 heteroatoms. The summed E-state index contributed by atoms with van der Waals surface area (Å²) >= 11 is 0. The lowest BCUT2D eigenvalue weighted by Crippen LogP contribution is -2.20. The number of fused-ring (bicyclic) bond motifs is 1. The van der Waals surface area contributed by atoms with Crippen LogP contribution in [0.4, 0.5) is 20.6 Å². The molecule has 0 saturated heterocycles. The maximum atomic E-state index is 13.3. The predicted octanol–water partition coefficient (Wildman–Crippen LogP) is 4.64. The maximum Gasteiger partial charge on any atom is 0.347 e. The number of hydrogen-bond donors (Lipinski definition) is 2. The van der Waals surface area contributed by atoms with E-state index in [-0.39, 0.29) is 5.89 Å². The Morgan fingerprint density at radius 1 is 0.929 bits per heavy atom. The van der Waals surface area contributed by atoms with Crippen LogP contribution in [0.15, 0.2) is 82.0 Å². The number of benzene rings is 3. The molecule has 0 atom stereocenters. The largest absolute Gasteiger partial charge is 0.403 e. The summed E-state index contributed by atoms with van der Waals surface area (Å²) in [5, 5.41) is 5.59. The maximum absolute atomic E-state index is 13.3. The number of rotatable bonds is 3. The zero-order chi connectivity index (χ0) is 19.5. The van der Waals surface area contributed by atoms with E-state index >= 15 is 0 Å². The van der Waals surface area contributed by atoms with Crippen LogP contribution in [0.3, 0.4) is 0 Å². The summed E-state index contributed by atoms with van der Waals surface area (Å²) in [6.45, 7) is 0. The fourth-order valence-electron chi connectivity index (χ4n) is 2.76. The van der Waals surface area contributed by atoms with Crippen molar-refractivity contribution in [2.24, 2.45) is 0 Å². The first-order valence-electron chi connectivity index (χ1n) is 8.43. The molecule has 2 amide bonds. The number of anilines is 2. The Balaban J connectivity index is 1.66. The van der Waals surface area contributed by atoms with Crippen molar-refractivity contribution < 1.29 is 13.6 Å². The van der Waals surface area contributed by atoms with Gasteiger partial charge < -0.3 is 15.1 Å². The molecule has 0 aliphatic rings. The standard InChI is InChI=1S/C21H14FN3O3/c22-13-6-5-7-14(12-13)23-21(27)25-17-10-3-1-8-15(17)19-24-18-11-4-2-9-16(18)20(26)28-19/h1-12H,(H2,23,25,27). The molecule has 0 fully saturated rings. The first-order valence-corrected chi connectivity index (χ1v) is 8.43. The predicted molar refractivity (Wildman–Crippen MR) is 105 cm³/mol. The Labute approximate surface area is 158 Å². The summed E-state index contributed by atoms with van der Waals surface area (Å²) < 4.78 is 18.6. The molecule has 28 heavy (non-hydrogen) atoms. The van der Waals surface area contributed by atoms with Gasteiger partial charge in [-0.05, 0) is 42.5 Å². The highest BCUT2D eigenvalue weighted by Gasteiger charge is 2.14. The van der Waals surface area contributed by atoms with Gasteiger partial charge in [0.05, 0.1) is 22.2 Å². The lowest BCUT2D eigenvalue weighted by molar-refractivity contribution is 0.262. The van der Waals surface area contributed by atoms with Crippen molar-refractivity contribution in [2.45, 2.75) is 0 Å². The Hall–Kier alpha value is -4.00. The first-order chi connectivity index (χ1) is 13.6. The summed E-state index contributed by atoms with van der Waals surface area (Å²) in [7, 11) is 0. The fraction of sp³-hybridized carbons (Fsp3) is 0. The lowest BCUT2D eigenvalue weighted by atomic mass is 10.1. The minimum Gasteiger partial charge on any atom is -0.403 e. The highest BCUT2D eigenvalue weighted by Crippen LogP contribution is 2.27.